The summed E-state index contributed by atoms with van der Waals surface area (Å²) < 4.78 is 263. The van der Waals surface area contributed by atoms with Gasteiger partial charge in [-0.05, 0) is 113 Å². The molecule has 6 aromatic carbocycles. The number of hydrogen-bond donors (Lipinski definition) is 10. The highest BCUT2D eigenvalue weighted by Gasteiger charge is 2.49. The predicted octanol–water partition coefficient (Wildman–Crippen LogP) is 13.1. The van der Waals surface area contributed by atoms with Crippen LogP contribution in [0.4, 0.5) is 88.6 Å². The molecule has 7 amide bonds. The summed E-state index contributed by atoms with van der Waals surface area (Å²) in [6.07, 6.45) is -32.5. The molecule has 12 N–H and O–H groups in total. The zero-order valence-corrected chi connectivity index (χ0v) is 67.5. The Labute approximate surface area is 703 Å². The number of carboxylic acids is 1. The van der Waals surface area contributed by atoms with Crippen molar-refractivity contribution in [1.82, 2.24) is 66.6 Å². The van der Waals surface area contributed by atoms with Crippen LogP contribution in [0.15, 0.2) is 164 Å². The Bertz CT molecular complexity index is 5270. The monoisotopic (exact) mass is 1810 g/mol. The number of halogens is 18. The number of rotatable bonds is 25. The van der Waals surface area contributed by atoms with Gasteiger partial charge in [-0.3, -0.25) is 29.3 Å². The third kappa shape index (κ3) is 30.4. The fourth-order valence-corrected chi connectivity index (χ4v) is 10.6. The lowest BCUT2D eigenvalue weighted by atomic mass is 10.1. The molecule has 3 atom stereocenters. The number of para-hydroxylation sites is 3. The first kappa shape index (κ1) is 101. The summed E-state index contributed by atoms with van der Waals surface area (Å²) in [6.45, 7) is 7.83. The molecule has 0 saturated carbocycles. The molecule has 3 aromatic heterocycles. The van der Waals surface area contributed by atoms with Crippen LogP contribution in [-0.4, -0.2) is 151 Å². The van der Waals surface area contributed by atoms with E-state index in [0.29, 0.717) is 57.3 Å². The van der Waals surface area contributed by atoms with E-state index in [0.717, 1.165) is 20.1 Å². The molecular formula is C79H81F18N15O14. The minimum absolute atomic E-state index is 0.00445. The van der Waals surface area contributed by atoms with Crippen LogP contribution in [0, 0.1) is 0 Å². The van der Waals surface area contributed by atoms with Crippen LogP contribution in [0.1, 0.15) is 123 Å². The second-order valence-electron chi connectivity index (χ2n) is 28.2. The molecule has 3 heterocycles. The summed E-state index contributed by atoms with van der Waals surface area (Å²) in [5.41, 5.74) is 6.51. The van der Waals surface area contributed by atoms with Gasteiger partial charge in [0.25, 0.3) is 23.6 Å². The Morgan fingerprint density at radius 2 is 0.675 bits per heavy atom. The highest BCUT2D eigenvalue weighted by molar-refractivity contribution is 5.95. The molecule has 0 radical (unpaired) electrons. The molecule has 0 saturated heterocycles. The number of aromatic nitrogens is 6. The van der Waals surface area contributed by atoms with Gasteiger partial charge in [-0.1, -0.05) is 91.0 Å². The minimum atomic E-state index is -5.17. The van der Waals surface area contributed by atoms with Crippen molar-refractivity contribution in [3.8, 4) is 34.3 Å². The van der Waals surface area contributed by atoms with E-state index in [1.807, 2.05) is 10.6 Å². The maximum Gasteiger partial charge on any atom is 0.435 e. The minimum Gasteiger partial charge on any atom is -0.496 e. The van der Waals surface area contributed by atoms with Gasteiger partial charge in [0.2, 0.25) is 18.0 Å². The Morgan fingerprint density at radius 1 is 0.381 bits per heavy atom. The number of nitrogens with two attached hydrogens (primary N) is 2. The Hall–Kier alpha value is -13.6. The van der Waals surface area contributed by atoms with Gasteiger partial charge in [0.15, 0.2) is 23.1 Å². The molecule has 682 valence electrons. The molecule has 0 aliphatic rings. The number of nitrogens with zero attached hydrogens (tertiary/aromatic N) is 6. The molecule has 0 bridgehead atoms. The van der Waals surface area contributed by atoms with Crippen LogP contribution in [-0.2, 0) is 81.7 Å². The number of alkyl carbamates (subject to hydrolysis) is 2. The van der Waals surface area contributed by atoms with Crippen LogP contribution in [0.3, 0.4) is 0 Å². The lowest BCUT2D eigenvalue weighted by Crippen LogP contribution is -2.55. The fraction of sp³-hybridized carbons (Fsp3) is 0.329. The molecule has 0 fully saturated rings. The first-order valence-corrected chi connectivity index (χ1v) is 36.4. The lowest BCUT2D eigenvalue weighted by Gasteiger charge is -2.24. The highest BCUT2D eigenvalue weighted by Crippen LogP contribution is 2.35. The van der Waals surface area contributed by atoms with Crippen LogP contribution >= 0.6 is 0 Å². The van der Waals surface area contributed by atoms with Gasteiger partial charge >= 0.3 is 55.2 Å². The smallest absolute Gasteiger partial charge is 0.435 e. The van der Waals surface area contributed by atoms with Crippen molar-refractivity contribution in [1.29, 1.82) is 0 Å². The molecular weight excluding hydrogens is 1720 g/mol. The zero-order chi connectivity index (χ0) is 94.4. The average molecular weight is 1810 g/mol. The van der Waals surface area contributed by atoms with Crippen molar-refractivity contribution in [2.45, 2.75) is 147 Å². The maximum atomic E-state index is 13.5. The summed E-state index contributed by atoms with van der Waals surface area (Å²) >= 11 is 0. The second-order valence-corrected chi connectivity index (χ2v) is 28.2. The molecule has 126 heavy (non-hydrogen) atoms. The molecule has 3 unspecified atom stereocenters. The average Bonchev–Trinajstić information content (AvgIpc) is 1.65. The van der Waals surface area contributed by atoms with Crippen molar-refractivity contribution in [3.63, 3.8) is 0 Å². The number of nitrogens with one attached hydrogen (secondary N) is 7. The number of ether oxygens (including phenoxy) is 5. The number of benzene rings is 6. The number of methoxy groups -OCH3 is 3. The zero-order valence-electron chi connectivity index (χ0n) is 67.5. The van der Waals surface area contributed by atoms with E-state index < -0.39 is 156 Å². The van der Waals surface area contributed by atoms with E-state index in [1.165, 1.54) is 122 Å². The topological polar surface area (TPSA) is 393 Å². The Balaban J connectivity index is 0.000000272. The van der Waals surface area contributed by atoms with Crippen LogP contribution in [0.2, 0.25) is 0 Å². The highest BCUT2D eigenvalue weighted by atomic mass is 19.4. The molecule has 47 heteroatoms. The maximum absolute atomic E-state index is 13.5. The van der Waals surface area contributed by atoms with Gasteiger partial charge in [0, 0.05) is 74.2 Å². The number of aliphatic carboxylic acids is 1. The molecule has 9 rings (SSSR count). The van der Waals surface area contributed by atoms with Gasteiger partial charge in [-0.25, -0.2) is 28.4 Å². The third-order valence-corrected chi connectivity index (χ3v) is 16.3. The van der Waals surface area contributed by atoms with Gasteiger partial charge in [0.1, 0.15) is 45.5 Å². The van der Waals surface area contributed by atoms with E-state index in [4.69, 9.17) is 35.5 Å². The van der Waals surface area contributed by atoms with Crippen LogP contribution in [0.25, 0.3) is 17.1 Å². The Morgan fingerprint density at radius 3 is 0.952 bits per heavy atom. The standard InChI is InChI=1S/C28H29F6N5O5.C23H21F6N5O3.C20H19F3N4O2.C8H12F3NO4/c1-26(2,3)44-25(42)37-22(28(32,33)34)24(41)35-14-16-8-7-10-18(12-16)39-19(13-21(38-39)27(29,30)31)23(40)36-15-17-9-5-6-11-20(17)43-4;1-37-17-8-3-2-6-14(17)12-32-20(35)16-10-18(22(24,25)26)33-34(16)15-7-4-5-13(9-15)11-31-21(36)19(30)23(27,28)29;1-29-17-8-3-2-6-14(17)12-25-19(28)16-10-18(20(21,22)23)26-27(16)15-7-4-5-13(9-15)11-24;1-7(2,3)16-6(15)12-4(5(13)14)8(9,10)11/h5-13,22H,14-15H2,1-4H3,(H,35,41)(H,36,40)(H,37,42);2-10,19H,11-12,30H2,1H3,(H,31,36)(H,32,35);2-10H,11-12,24H2,1H3,(H,25,28);4H,1-3H3,(H,12,15)(H,13,14). The number of amides is 7. The summed E-state index contributed by atoms with van der Waals surface area (Å²) in [7, 11) is 4.34. The number of hydrogen-bond acceptors (Lipinski definition) is 18. The van der Waals surface area contributed by atoms with Crippen LogP contribution in [0.5, 0.6) is 17.2 Å². The van der Waals surface area contributed by atoms with E-state index in [-0.39, 0.29) is 54.4 Å². The summed E-state index contributed by atoms with van der Waals surface area (Å²) in [4.78, 5) is 95.7. The summed E-state index contributed by atoms with van der Waals surface area (Å²) in [5, 5.41) is 33.3. The summed E-state index contributed by atoms with van der Waals surface area (Å²) in [6, 6.07) is 30.8. The predicted molar refractivity (Wildman–Crippen MR) is 410 cm³/mol. The SMILES string of the molecule is CC(C)(C)OC(=O)NC(C(=O)O)C(F)(F)F.COc1ccccc1CNC(=O)c1cc(C(F)(F)F)nn1-c1cccc(CN)c1.COc1ccccc1CNC(=O)c1cc(C(F)(F)F)nn1-c1cccc(CNC(=O)C(N)C(F)(F)F)c1.COc1ccccc1CNC(=O)c1cc(C(F)(F)F)nn1-c1cccc(CNC(=O)C(NC(=O)OC(C)(C)C)C(F)(F)F)c1. The molecule has 0 aliphatic heterocycles. The number of carbonyl (C=O) groups is 8. The van der Waals surface area contributed by atoms with Gasteiger partial charge in [-0.2, -0.15) is 94.3 Å². The number of carbonyl (C=O) groups excluding carboxylic acids is 7. The van der Waals surface area contributed by atoms with E-state index in [2.05, 4.69) is 36.0 Å². The lowest BCUT2D eigenvalue weighted by molar-refractivity contribution is -0.179. The quantitative estimate of drug-likeness (QED) is 0.0238. The van der Waals surface area contributed by atoms with Crippen molar-refractivity contribution in [2.24, 2.45) is 11.5 Å². The van der Waals surface area contributed by atoms with Crippen molar-refractivity contribution in [2.75, 3.05) is 21.3 Å². The van der Waals surface area contributed by atoms with Crippen LogP contribution < -0.4 is 62.9 Å². The largest absolute Gasteiger partial charge is 0.496 e. The van der Waals surface area contributed by atoms with E-state index in [1.54, 1.807) is 97.1 Å². The fourth-order valence-electron chi connectivity index (χ4n) is 10.6. The van der Waals surface area contributed by atoms with Gasteiger partial charge in [0.05, 0.1) is 38.4 Å². The van der Waals surface area contributed by atoms with E-state index in [9.17, 15) is 117 Å². The molecule has 9 aromatic rings. The first-order chi connectivity index (χ1) is 58.5. The second kappa shape index (κ2) is 42.6. The van der Waals surface area contributed by atoms with E-state index >= 15 is 0 Å². The number of alkyl halides is 18. The third-order valence-electron chi connectivity index (χ3n) is 16.3. The molecule has 0 spiro atoms. The van der Waals surface area contributed by atoms with Crippen molar-refractivity contribution >= 4 is 47.7 Å². The summed E-state index contributed by atoms with van der Waals surface area (Å²) in [5.74, 6) is -6.28. The number of carboxylic acid groups (broad SMARTS) is 1. The normalized spacial score (nSPS) is 12.5. The molecule has 29 nitrogen and oxygen atoms in total. The Kier molecular flexibility index (Phi) is 34.2. The van der Waals surface area contributed by atoms with Gasteiger partial charge in [-0.15, -0.1) is 0 Å². The van der Waals surface area contributed by atoms with Gasteiger partial charge < -0.3 is 72.2 Å². The van der Waals surface area contributed by atoms with Crippen molar-refractivity contribution in [3.05, 3.63) is 231 Å². The molecule has 0 aliphatic carbocycles. The first-order valence-electron chi connectivity index (χ1n) is 36.4. The van der Waals surface area contributed by atoms with Crippen molar-refractivity contribution < 1.29 is 146 Å².